The summed E-state index contributed by atoms with van der Waals surface area (Å²) in [4.78, 5) is 12.2. The fourth-order valence-electron chi connectivity index (χ4n) is 3.08. The highest BCUT2D eigenvalue weighted by molar-refractivity contribution is 5.94. The maximum atomic E-state index is 12.2. The summed E-state index contributed by atoms with van der Waals surface area (Å²) in [6, 6.07) is 10.9. The summed E-state index contributed by atoms with van der Waals surface area (Å²) < 4.78 is 21.6. The van der Waals surface area contributed by atoms with Crippen LogP contribution in [-0.4, -0.2) is 40.9 Å². The standard InChI is InChI=1S/C23H27N3O5.ClH/c1-28-19-8-7-15(12-18(19)26-22(27)6-5-10-24)17(9-11-25)16-13-20(29-2)23(31-4)21(14-16)30-3;/h7-9,12-14H,5-6,10,24H2,1-4H3,(H,26,27);1H/b17-9-;. The number of allylic oxidation sites excluding steroid dienone is 1. The first kappa shape index (κ1) is 26.6. The molecule has 172 valence electrons. The number of hydrogen-bond acceptors (Lipinski definition) is 7. The number of carbonyl (C=O) groups excluding carboxylic acids is 1. The second kappa shape index (κ2) is 13.1. The number of amides is 1. The Morgan fingerprint density at radius 2 is 1.62 bits per heavy atom. The fourth-order valence-corrected chi connectivity index (χ4v) is 3.08. The van der Waals surface area contributed by atoms with Crippen LogP contribution in [0.3, 0.4) is 0 Å². The van der Waals surface area contributed by atoms with Crippen LogP contribution in [0.2, 0.25) is 0 Å². The Morgan fingerprint density at radius 1 is 1.00 bits per heavy atom. The van der Waals surface area contributed by atoms with Gasteiger partial charge in [-0.1, -0.05) is 6.07 Å². The van der Waals surface area contributed by atoms with Gasteiger partial charge in [-0.2, -0.15) is 5.26 Å². The Morgan fingerprint density at radius 3 is 2.12 bits per heavy atom. The number of nitrogens with one attached hydrogen (secondary N) is 1. The molecular weight excluding hydrogens is 434 g/mol. The summed E-state index contributed by atoms with van der Waals surface area (Å²) in [5.74, 6) is 1.72. The molecule has 1 amide bonds. The molecule has 0 heterocycles. The number of carbonyl (C=O) groups is 1. The van der Waals surface area contributed by atoms with Crippen molar-refractivity contribution in [2.45, 2.75) is 12.8 Å². The highest BCUT2D eigenvalue weighted by Gasteiger charge is 2.17. The first-order chi connectivity index (χ1) is 15.0. The molecule has 0 aliphatic carbocycles. The monoisotopic (exact) mass is 461 g/mol. The molecule has 9 heteroatoms. The molecule has 0 aliphatic rings. The molecule has 2 aromatic carbocycles. The molecule has 2 rings (SSSR count). The third-order valence-electron chi connectivity index (χ3n) is 4.58. The van der Waals surface area contributed by atoms with Crippen LogP contribution in [0.25, 0.3) is 5.57 Å². The zero-order valence-electron chi connectivity index (χ0n) is 18.6. The van der Waals surface area contributed by atoms with Crippen LogP contribution in [0.1, 0.15) is 24.0 Å². The SMILES string of the molecule is COc1ccc(/C(=C/C#N)c2cc(OC)c(OC)c(OC)c2)cc1NC(=O)CCCN.Cl. The molecule has 0 fully saturated rings. The van der Waals surface area contributed by atoms with Crippen LogP contribution in [0.5, 0.6) is 23.0 Å². The molecule has 0 aliphatic heterocycles. The highest BCUT2D eigenvalue weighted by atomic mass is 35.5. The molecule has 0 saturated carbocycles. The van der Waals surface area contributed by atoms with Gasteiger partial charge in [-0.15, -0.1) is 12.4 Å². The minimum Gasteiger partial charge on any atom is -0.495 e. The van der Waals surface area contributed by atoms with Gasteiger partial charge in [0, 0.05) is 12.5 Å². The van der Waals surface area contributed by atoms with Gasteiger partial charge in [0.05, 0.1) is 40.2 Å². The van der Waals surface area contributed by atoms with Crippen LogP contribution < -0.4 is 30.0 Å². The molecule has 0 unspecified atom stereocenters. The molecule has 32 heavy (non-hydrogen) atoms. The minimum atomic E-state index is -0.167. The van der Waals surface area contributed by atoms with Gasteiger partial charge in [0.15, 0.2) is 11.5 Å². The molecular formula is C23H28ClN3O5. The Labute approximate surface area is 194 Å². The fraction of sp³-hybridized carbons (Fsp3) is 0.304. The normalized spacial score (nSPS) is 10.4. The van der Waals surface area contributed by atoms with E-state index >= 15 is 0 Å². The van der Waals surface area contributed by atoms with Crippen LogP contribution in [-0.2, 0) is 4.79 Å². The van der Waals surface area contributed by atoms with E-state index in [-0.39, 0.29) is 18.3 Å². The van der Waals surface area contributed by atoms with Gasteiger partial charge in [0.25, 0.3) is 0 Å². The molecule has 0 saturated heterocycles. The molecule has 0 aromatic heterocycles. The van der Waals surface area contributed by atoms with Crippen molar-refractivity contribution in [2.75, 3.05) is 40.3 Å². The van der Waals surface area contributed by atoms with Gasteiger partial charge in [0.2, 0.25) is 11.7 Å². The van der Waals surface area contributed by atoms with Crippen molar-refractivity contribution < 1.29 is 23.7 Å². The Kier molecular flexibility index (Phi) is 10.9. The smallest absolute Gasteiger partial charge is 0.224 e. The first-order valence-corrected chi connectivity index (χ1v) is 9.61. The van der Waals surface area contributed by atoms with Gasteiger partial charge in [-0.3, -0.25) is 4.79 Å². The second-order valence-electron chi connectivity index (χ2n) is 6.46. The maximum absolute atomic E-state index is 12.2. The molecule has 0 atom stereocenters. The Bertz CT molecular complexity index is 977. The molecule has 2 aromatic rings. The average Bonchev–Trinajstić information content (AvgIpc) is 2.80. The number of anilines is 1. The minimum absolute atomic E-state index is 0. The number of rotatable bonds is 10. The number of nitrogens with two attached hydrogens (primary N) is 1. The van der Waals surface area contributed by atoms with Crippen molar-refractivity contribution in [1.29, 1.82) is 5.26 Å². The topological polar surface area (TPSA) is 116 Å². The summed E-state index contributed by atoms with van der Waals surface area (Å²) in [5.41, 5.74) is 7.98. The van der Waals surface area contributed by atoms with E-state index in [1.54, 1.807) is 30.3 Å². The third kappa shape index (κ3) is 6.30. The van der Waals surface area contributed by atoms with Gasteiger partial charge in [-0.25, -0.2) is 0 Å². The number of methoxy groups -OCH3 is 4. The summed E-state index contributed by atoms with van der Waals surface area (Å²) in [6.07, 6.45) is 2.30. The van der Waals surface area contributed by atoms with Gasteiger partial charge in [-0.05, 0) is 53.9 Å². The summed E-state index contributed by atoms with van der Waals surface area (Å²) in [5, 5.41) is 12.3. The second-order valence-corrected chi connectivity index (χ2v) is 6.46. The Balaban J connectivity index is 0.00000512. The van der Waals surface area contributed by atoms with Gasteiger partial charge in [0.1, 0.15) is 5.75 Å². The zero-order valence-corrected chi connectivity index (χ0v) is 19.4. The van der Waals surface area contributed by atoms with E-state index in [0.717, 1.165) is 0 Å². The third-order valence-corrected chi connectivity index (χ3v) is 4.58. The van der Waals surface area contributed by atoms with Gasteiger partial charge < -0.3 is 30.0 Å². The number of halogens is 1. The van der Waals surface area contributed by atoms with E-state index in [4.69, 9.17) is 24.7 Å². The quantitative estimate of drug-likeness (QED) is 0.517. The van der Waals surface area contributed by atoms with Crippen molar-refractivity contribution in [3.63, 3.8) is 0 Å². The molecule has 8 nitrogen and oxygen atoms in total. The lowest BCUT2D eigenvalue weighted by Gasteiger charge is -2.17. The van der Waals surface area contributed by atoms with Crippen LogP contribution in [0, 0.1) is 11.3 Å². The van der Waals surface area contributed by atoms with Crippen molar-refractivity contribution in [1.82, 2.24) is 0 Å². The predicted octanol–water partition coefficient (Wildman–Crippen LogP) is 3.78. The van der Waals surface area contributed by atoms with E-state index in [1.165, 1.54) is 34.5 Å². The number of nitriles is 1. The van der Waals surface area contributed by atoms with Crippen molar-refractivity contribution in [3.8, 4) is 29.1 Å². The average molecular weight is 462 g/mol. The van der Waals surface area contributed by atoms with Crippen molar-refractivity contribution in [2.24, 2.45) is 5.73 Å². The lowest BCUT2D eigenvalue weighted by atomic mass is 9.96. The Hall–Kier alpha value is -3.41. The highest BCUT2D eigenvalue weighted by Crippen LogP contribution is 2.41. The summed E-state index contributed by atoms with van der Waals surface area (Å²) in [7, 11) is 6.10. The van der Waals surface area contributed by atoms with Crippen LogP contribution in [0.15, 0.2) is 36.4 Å². The largest absolute Gasteiger partial charge is 0.495 e. The lowest BCUT2D eigenvalue weighted by molar-refractivity contribution is -0.116. The number of benzene rings is 2. The van der Waals surface area contributed by atoms with E-state index in [9.17, 15) is 10.1 Å². The number of nitrogens with zero attached hydrogens (tertiary/aromatic N) is 1. The first-order valence-electron chi connectivity index (χ1n) is 9.61. The summed E-state index contributed by atoms with van der Waals surface area (Å²) in [6.45, 7) is 0.431. The van der Waals surface area contributed by atoms with Crippen molar-refractivity contribution in [3.05, 3.63) is 47.5 Å². The predicted molar refractivity (Wildman–Crippen MR) is 126 cm³/mol. The van der Waals surface area contributed by atoms with Gasteiger partial charge >= 0.3 is 0 Å². The summed E-state index contributed by atoms with van der Waals surface area (Å²) >= 11 is 0. The molecule has 0 spiro atoms. The number of hydrogen-bond donors (Lipinski definition) is 2. The van der Waals surface area contributed by atoms with Crippen LogP contribution in [0.4, 0.5) is 5.69 Å². The van der Waals surface area contributed by atoms with E-state index < -0.39 is 0 Å². The van der Waals surface area contributed by atoms with E-state index in [0.29, 0.717) is 64.8 Å². The van der Waals surface area contributed by atoms with E-state index in [1.807, 2.05) is 0 Å². The number of ether oxygens (including phenoxy) is 4. The van der Waals surface area contributed by atoms with E-state index in [2.05, 4.69) is 11.4 Å². The zero-order chi connectivity index (χ0) is 22.8. The maximum Gasteiger partial charge on any atom is 0.224 e. The molecule has 0 radical (unpaired) electrons. The molecule has 3 N–H and O–H groups in total. The van der Waals surface area contributed by atoms with Crippen LogP contribution >= 0.6 is 12.4 Å². The van der Waals surface area contributed by atoms with Crippen molar-refractivity contribution >= 4 is 29.6 Å². The lowest BCUT2D eigenvalue weighted by Crippen LogP contribution is -2.14. The molecule has 0 bridgehead atoms.